The van der Waals surface area contributed by atoms with Gasteiger partial charge in [0.2, 0.25) is 11.8 Å². The zero-order valence-corrected chi connectivity index (χ0v) is 10.9. The molecule has 0 radical (unpaired) electrons. The van der Waals surface area contributed by atoms with Gasteiger partial charge < -0.3 is 16.8 Å². The van der Waals surface area contributed by atoms with Crippen LogP contribution in [0.2, 0.25) is 0 Å². The summed E-state index contributed by atoms with van der Waals surface area (Å²) in [5.74, 6) is -3.51. The minimum atomic E-state index is -4.70. The predicted molar refractivity (Wildman–Crippen MR) is 68.3 cm³/mol. The normalized spacial score (nSPS) is 17.1. The van der Waals surface area contributed by atoms with Gasteiger partial charge in [0.25, 0.3) is 0 Å². The van der Waals surface area contributed by atoms with E-state index in [0.29, 0.717) is 13.1 Å². The summed E-state index contributed by atoms with van der Waals surface area (Å²) in [6.45, 7) is 0.718. The van der Waals surface area contributed by atoms with Crippen molar-refractivity contribution in [1.82, 2.24) is 5.32 Å². The van der Waals surface area contributed by atoms with Crippen molar-refractivity contribution in [3.05, 3.63) is 34.9 Å². The fourth-order valence-electron chi connectivity index (χ4n) is 2.52. The Labute approximate surface area is 118 Å². The van der Waals surface area contributed by atoms with E-state index < -0.39 is 35.0 Å². The molecule has 8 heteroatoms. The molecule has 2 rings (SSSR count). The van der Waals surface area contributed by atoms with Crippen LogP contribution in [0.1, 0.15) is 27.4 Å². The average molecular weight is 301 g/mol. The number of benzene rings is 1. The highest BCUT2D eigenvalue weighted by atomic mass is 19.4. The highest BCUT2D eigenvalue weighted by Gasteiger charge is 2.42. The van der Waals surface area contributed by atoms with Crippen LogP contribution in [0.3, 0.4) is 0 Å². The lowest BCUT2D eigenvalue weighted by molar-refractivity contribution is -0.138. The maximum atomic E-state index is 13.2. The Morgan fingerprint density at radius 2 is 1.86 bits per heavy atom. The molecule has 1 heterocycles. The summed E-state index contributed by atoms with van der Waals surface area (Å²) in [6, 6.07) is 3.09. The fraction of sp³-hybridized carbons (Fsp3) is 0.385. The molecule has 0 aliphatic carbocycles. The lowest BCUT2D eigenvalue weighted by atomic mass is 9.77. The molecule has 2 amide bonds. The van der Waals surface area contributed by atoms with Gasteiger partial charge in [0, 0.05) is 18.7 Å². The first-order valence-electron chi connectivity index (χ1n) is 6.23. The second-order valence-electron chi connectivity index (χ2n) is 4.93. The summed E-state index contributed by atoms with van der Waals surface area (Å²) in [4.78, 5) is 23.1. The molecule has 5 N–H and O–H groups in total. The number of primary amides is 2. The summed E-state index contributed by atoms with van der Waals surface area (Å²) in [7, 11) is 0. The van der Waals surface area contributed by atoms with Gasteiger partial charge in [-0.2, -0.15) is 13.2 Å². The van der Waals surface area contributed by atoms with E-state index in [0.717, 1.165) is 12.1 Å². The maximum absolute atomic E-state index is 13.2. The molecule has 5 nitrogen and oxygen atoms in total. The molecule has 114 valence electrons. The molecule has 0 spiro atoms. The number of carbonyl (C=O) groups excluding carboxylic acids is 2. The zero-order valence-electron chi connectivity index (χ0n) is 10.9. The molecule has 1 aliphatic rings. The molecule has 1 aromatic rings. The van der Waals surface area contributed by atoms with Crippen LogP contribution in [-0.4, -0.2) is 24.9 Å². The molecule has 1 atom stereocenters. The molecule has 1 unspecified atom stereocenters. The zero-order chi connectivity index (χ0) is 15.8. The second-order valence-corrected chi connectivity index (χ2v) is 4.93. The van der Waals surface area contributed by atoms with Crippen molar-refractivity contribution in [3.8, 4) is 0 Å². The quantitative estimate of drug-likeness (QED) is 0.759. The number of halogens is 3. The van der Waals surface area contributed by atoms with Crippen LogP contribution in [0.15, 0.2) is 18.2 Å². The van der Waals surface area contributed by atoms with E-state index in [1.807, 2.05) is 0 Å². The first-order valence-corrected chi connectivity index (χ1v) is 6.23. The maximum Gasteiger partial charge on any atom is 0.416 e. The highest BCUT2D eigenvalue weighted by molar-refractivity contribution is 5.97. The molecule has 0 aromatic heterocycles. The van der Waals surface area contributed by atoms with Gasteiger partial charge in [0.15, 0.2) is 0 Å². The summed E-state index contributed by atoms with van der Waals surface area (Å²) in [5, 5.41) is 2.87. The van der Waals surface area contributed by atoms with Gasteiger partial charge in [0.1, 0.15) is 0 Å². The van der Waals surface area contributed by atoms with Crippen LogP contribution in [-0.2, 0) is 11.0 Å². The van der Waals surface area contributed by atoms with E-state index in [1.165, 1.54) is 6.07 Å². The molecule has 0 saturated carbocycles. The van der Waals surface area contributed by atoms with E-state index in [4.69, 9.17) is 11.5 Å². The molecule has 1 aromatic carbocycles. The summed E-state index contributed by atoms with van der Waals surface area (Å²) >= 11 is 0. The first kappa shape index (κ1) is 15.3. The van der Waals surface area contributed by atoms with Gasteiger partial charge in [-0.3, -0.25) is 9.59 Å². The van der Waals surface area contributed by atoms with Crippen LogP contribution < -0.4 is 16.8 Å². The van der Waals surface area contributed by atoms with Crippen molar-refractivity contribution >= 4 is 11.8 Å². The molecular formula is C13H14F3N3O2. The van der Waals surface area contributed by atoms with Gasteiger partial charge in [-0.1, -0.05) is 6.07 Å². The largest absolute Gasteiger partial charge is 0.416 e. The number of nitrogens with one attached hydrogen (secondary N) is 1. The average Bonchev–Trinajstić information content (AvgIpc) is 2.30. The van der Waals surface area contributed by atoms with Crippen LogP contribution >= 0.6 is 0 Å². The lowest BCUT2D eigenvalue weighted by Gasteiger charge is -2.35. The van der Waals surface area contributed by atoms with Gasteiger partial charge in [-0.15, -0.1) is 0 Å². The number of hydrogen-bond acceptors (Lipinski definition) is 3. The Bertz CT molecular complexity index is 583. The predicted octanol–water partition coefficient (Wildman–Crippen LogP) is 0.593. The Morgan fingerprint density at radius 1 is 1.24 bits per heavy atom. The van der Waals surface area contributed by atoms with E-state index >= 15 is 0 Å². The van der Waals surface area contributed by atoms with Crippen molar-refractivity contribution in [2.24, 2.45) is 17.4 Å². The van der Waals surface area contributed by atoms with Gasteiger partial charge in [-0.25, -0.2) is 0 Å². The second kappa shape index (κ2) is 5.36. The lowest BCUT2D eigenvalue weighted by Crippen LogP contribution is -2.49. The Kier molecular flexibility index (Phi) is 3.91. The van der Waals surface area contributed by atoms with Gasteiger partial charge >= 0.3 is 6.18 Å². The highest BCUT2D eigenvalue weighted by Crippen LogP contribution is 2.40. The first-order chi connectivity index (χ1) is 9.73. The Hall–Kier alpha value is -2.09. The fourth-order valence-corrected chi connectivity index (χ4v) is 2.52. The minimum Gasteiger partial charge on any atom is -0.369 e. The van der Waals surface area contributed by atoms with Crippen LogP contribution in [0.4, 0.5) is 13.2 Å². The van der Waals surface area contributed by atoms with E-state index in [1.54, 1.807) is 0 Å². The summed E-state index contributed by atoms with van der Waals surface area (Å²) in [6.07, 6.45) is -4.70. The molecular weight excluding hydrogens is 287 g/mol. The molecule has 0 bridgehead atoms. The summed E-state index contributed by atoms with van der Waals surface area (Å²) in [5.41, 5.74) is 8.64. The molecule has 1 aliphatic heterocycles. The SMILES string of the molecule is NC(=O)c1cccc(C(F)(F)F)c1C(C(N)=O)C1CNC1. The topological polar surface area (TPSA) is 98.2 Å². The van der Waals surface area contributed by atoms with E-state index in [2.05, 4.69) is 5.32 Å². The number of hydrogen-bond donors (Lipinski definition) is 3. The van der Waals surface area contributed by atoms with Crippen LogP contribution in [0.5, 0.6) is 0 Å². The van der Waals surface area contributed by atoms with Crippen molar-refractivity contribution < 1.29 is 22.8 Å². The van der Waals surface area contributed by atoms with Crippen LogP contribution in [0, 0.1) is 5.92 Å². The number of nitrogens with two attached hydrogens (primary N) is 2. The van der Waals surface area contributed by atoms with Crippen molar-refractivity contribution in [2.75, 3.05) is 13.1 Å². The molecule has 1 saturated heterocycles. The minimum absolute atomic E-state index is 0.319. The third kappa shape index (κ3) is 2.85. The third-order valence-corrected chi connectivity index (χ3v) is 3.58. The Balaban J connectivity index is 2.67. The van der Waals surface area contributed by atoms with Gasteiger partial charge in [-0.05, 0) is 23.6 Å². The smallest absolute Gasteiger partial charge is 0.369 e. The number of amides is 2. The van der Waals surface area contributed by atoms with Crippen LogP contribution in [0.25, 0.3) is 0 Å². The van der Waals surface area contributed by atoms with Gasteiger partial charge in [0.05, 0.1) is 11.5 Å². The number of rotatable bonds is 4. The van der Waals surface area contributed by atoms with Crippen molar-refractivity contribution in [2.45, 2.75) is 12.1 Å². The number of alkyl halides is 3. The molecule has 21 heavy (non-hydrogen) atoms. The van der Waals surface area contributed by atoms with E-state index in [-0.39, 0.29) is 11.5 Å². The summed E-state index contributed by atoms with van der Waals surface area (Å²) < 4.78 is 39.5. The van der Waals surface area contributed by atoms with E-state index in [9.17, 15) is 22.8 Å². The van der Waals surface area contributed by atoms with Crippen molar-refractivity contribution in [3.63, 3.8) is 0 Å². The molecule has 1 fully saturated rings. The standard InChI is InChI=1S/C13H14F3N3O2/c14-13(15,16)8-3-1-2-7(11(17)20)10(8)9(12(18)21)6-4-19-5-6/h1-3,6,9,19H,4-5H2,(H2,17,20)(H2,18,21). The Morgan fingerprint density at radius 3 is 2.24 bits per heavy atom. The monoisotopic (exact) mass is 301 g/mol. The number of carbonyl (C=O) groups is 2. The van der Waals surface area contributed by atoms with Crippen molar-refractivity contribution in [1.29, 1.82) is 0 Å². The third-order valence-electron chi connectivity index (χ3n) is 3.58.